The van der Waals surface area contributed by atoms with E-state index in [0.29, 0.717) is 23.4 Å². The highest BCUT2D eigenvalue weighted by Gasteiger charge is 2.13. The van der Waals surface area contributed by atoms with Gasteiger partial charge < -0.3 is 9.88 Å². The number of nitriles is 2. The van der Waals surface area contributed by atoms with Crippen LogP contribution in [0.2, 0.25) is 0 Å². The van der Waals surface area contributed by atoms with E-state index in [1.165, 1.54) is 4.57 Å². The molecule has 1 heterocycles. The minimum absolute atomic E-state index is 0.0502. The summed E-state index contributed by atoms with van der Waals surface area (Å²) in [4.78, 5) is 24.5. The predicted molar refractivity (Wildman–Crippen MR) is 89.3 cm³/mol. The number of hydrogen-bond donors (Lipinski definition) is 1. The highest BCUT2D eigenvalue weighted by atomic mass is 16.2. The van der Waals surface area contributed by atoms with Crippen molar-refractivity contribution < 1.29 is 4.79 Å². The number of hydrogen-bond acceptors (Lipinski definition) is 4. The molecular weight excluding hydrogens is 304 g/mol. The van der Waals surface area contributed by atoms with E-state index in [4.69, 9.17) is 10.5 Å². The van der Waals surface area contributed by atoms with Gasteiger partial charge in [-0.1, -0.05) is 12.1 Å². The van der Waals surface area contributed by atoms with Crippen molar-refractivity contribution in [1.29, 1.82) is 10.5 Å². The number of benzene rings is 1. The third kappa shape index (κ3) is 3.68. The zero-order chi connectivity index (χ0) is 17.7. The third-order valence-electron chi connectivity index (χ3n) is 3.64. The largest absolute Gasteiger partial charge is 0.325 e. The number of nitrogens with one attached hydrogen (secondary N) is 1. The van der Waals surface area contributed by atoms with Crippen molar-refractivity contribution in [1.82, 2.24) is 4.57 Å². The number of rotatable bonds is 4. The first-order chi connectivity index (χ1) is 11.5. The lowest BCUT2D eigenvalue weighted by Crippen LogP contribution is -2.31. The van der Waals surface area contributed by atoms with Gasteiger partial charge in [-0.3, -0.25) is 9.59 Å². The molecule has 0 aliphatic carbocycles. The lowest BCUT2D eigenvalue weighted by Gasteiger charge is -2.12. The van der Waals surface area contributed by atoms with E-state index in [2.05, 4.69) is 11.4 Å². The molecule has 1 amide bonds. The van der Waals surface area contributed by atoms with Crippen molar-refractivity contribution in [2.24, 2.45) is 0 Å². The van der Waals surface area contributed by atoms with Crippen LogP contribution in [0.4, 0.5) is 5.69 Å². The molecule has 2 rings (SSSR count). The normalized spacial score (nSPS) is 9.83. The van der Waals surface area contributed by atoms with Crippen LogP contribution < -0.4 is 10.9 Å². The number of amides is 1. The standard InChI is InChI=1S/C18H16N4O2/c1-12-9-13(2)22(18(24)16(12)10-20)11-17(23)21-15-5-3-14(4-6-15)7-8-19/h3-6,9H,7,11H2,1-2H3,(H,21,23). The number of carbonyl (C=O) groups is 1. The Labute approximate surface area is 139 Å². The summed E-state index contributed by atoms with van der Waals surface area (Å²) in [7, 11) is 0. The van der Waals surface area contributed by atoms with E-state index in [-0.39, 0.29) is 18.0 Å². The quantitative estimate of drug-likeness (QED) is 0.932. The van der Waals surface area contributed by atoms with Crippen LogP contribution in [0, 0.1) is 36.5 Å². The van der Waals surface area contributed by atoms with Crippen LogP contribution in [-0.4, -0.2) is 10.5 Å². The van der Waals surface area contributed by atoms with Gasteiger partial charge in [-0.25, -0.2) is 0 Å². The van der Waals surface area contributed by atoms with Gasteiger partial charge in [-0.05, 0) is 43.2 Å². The number of aryl methyl sites for hydroxylation is 2. The SMILES string of the molecule is Cc1cc(C)n(CC(=O)Nc2ccc(CC#N)cc2)c(=O)c1C#N. The first-order valence-corrected chi connectivity index (χ1v) is 7.33. The van der Waals surface area contributed by atoms with Gasteiger partial charge in [0.05, 0.1) is 12.5 Å². The van der Waals surface area contributed by atoms with Gasteiger partial charge in [0, 0.05) is 11.4 Å². The molecule has 6 heteroatoms. The Morgan fingerprint density at radius 3 is 2.46 bits per heavy atom. The molecule has 0 aliphatic rings. The Hall–Kier alpha value is -3.38. The highest BCUT2D eigenvalue weighted by Crippen LogP contribution is 2.10. The zero-order valence-corrected chi connectivity index (χ0v) is 13.5. The van der Waals surface area contributed by atoms with Gasteiger partial charge in [-0.2, -0.15) is 10.5 Å². The monoisotopic (exact) mass is 320 g/mol. The molecule has 0 saturated carbocycles. The number of aromatic nitrogens is 1. The lowest BCUT2D eigenvalue weighted by molar-refractivity contribution is -0.116. The predicted octanol–water partition coefficient (Wildman–Crippen LogP) is 2.04. The number of nitrogens with zero attached hydrogens (tertiary/aromatic N) is 3. The minimum Gasteiger partial charge on any atom is -0.325 e. The van der Waals surface area contributed by atoms with Gasteiger partial charge in [0.25, 0.3) is 5.56 Å². The van der Waals surface area contributed by atoms with Crippen LogP contribution >= 0.6 is 0 Å². The Morgan fingerprint density at radius 2 is 1.88 bits per heavy atom. The Kier molecular flexibility index (Phi) is 5.13. The Balaban J connectivity index is 2.18. The van der Waals surface area contributed by atoms with Gasteiger partial charge >= 0.3 is 0 Å². The number of anilines is 1. The fraction of sp³-hybridized carbons (Fsp3) is 0.222. The molecule has 1 aromatic heterocycles. The van der Waals surface area contributed by atoms with Gasteiger partial charge in [0.2, 0.25) is 5.91 Å². The molecule has 0 atom stereocenters. The van der Waals surface area contributed by atoms with Crippen molar-refractivity contribution in [2.45, 2.75) is 26.8 Å². The molecule has 0 fully saturated rings. The van der Waals surface area contributed by atoms with E-state index < -0.39 is 5.56 Å². The average Bonchev–Trinajstić information content (AvgIpc) is 2.54. The second-order valence-corrected chi connectivity index (χ2v) is 5.43. The van der Waals surface area contributed by atoms with Crippen LogP contribution in [0.5, 0.6) is 0 Å². The molecule has 0 aliphatic heterocycles. The molecule has 0 saturated heterocycles. The maximum atomic E-state index is 12.3. The zero-order valence-electron chi connectivity index (χ0n) is 13.5. The molecule has 0 unspecified atom stereocenters. The van der Waals surface area contributed by atoms with Crippen LogP contribution in [0.1, 0.15) is 22.4 Å². The van der Waals surface area contributed by atoms with Crippen LogP contribution in [0.25, 0.3) is 0 Å². The summed E-state index contributed by atoms with van der Waals surface area (Å²) in [6.45, 7) is 3.25. The lowest BCUT2D eigenvalue weighted by atomic mass is 10.1. The van der Waals surface area contributed by atoms with E-state index in [9.17, 15) is 9.59 Å². The maximum Gasteiger partial charge on any atom is 0.269 e. The van der Waals surface area contributed by atoms with Crippen LogP contribution in [-0.2, 0) is 17.8 Å². The number of carbonyl (C=O) groups excluding carboxylic acids is 1. The van der Waals surface area contributed by atoms with Crippen molar-refractivity contribution >= 4 is 11.6 Å². The molecule has 6 nitrogen and oxygen atoms in total. The van der Waals surface area contributed by atoms with Crippen molar-refractivity contribution in [3.8, 4) is 12.1 Å². The van der Waals surface area contributed by atoms with E-state index in [1.807, 2.05) is 6.07 Å². The van der Waals surface area contributed by atoms with Gasteiger partial charge in [0.1, 0.15) is 18.2 Å². The van der Waals surface area contributed by atoms with Crippen LogP contribution in [0.3, 0.4) is 0 Å². The molecule has 0 radical (unpaired) electrons. The summed E-state index contributed by atoms with van der Waals surface area (Å²) in [6.07, 6.45) is 0.309. The Morgan fingerprint density at radius 1 is 1.21 bits per heavy atom. The average molecular weight is 320 g/mol. The summed E-state index contributed by atoms with van der Waals surface area (Å²) in [5.74, 6) is -0.360. The molecule has 0 bridgehead atoms. The van der Waals surface area contributed by atoms with E-state index in [1.54, 1.807) is 44.2 Å². The number of pyridine rings is 1. The minimum atomic E-state index is -0.463. The maximum absolute atomic E-state index is 12.3. The fourth-order valence-electron chi connectivity index (χ4n) is 2.40. The topological polar surface area (TPSA) is 98.7 Å². The molecule has 2 aromatic rings. The summed E-state index contributed by atoms with van der Waals surface area (Å²) in [5.41, 5.74) is 2.25. The molecule has 24 heavy (non-hydrogen) atoms. The molecular formula is C18H16N4O2. The molecule has 0 spiro atoms. The summed E-state index contributed by atoms with van der Waals surface area (Å²) >= 11 is 0. The molecule has 1 aromatic carbocycles. The van der Waals surface area contributed by atoms with Crippen molar-refractivity contribution in [3.63, 3.8) is 0 Å². The van der Waals surface area contributed by atoms with Gasteiger partial charge in [-0.15, -0.1) is 0 Å². The summed E-state index contributed by atoms with van der Waals surface area (Å²) < 4.78 is 1.28. The van der Waals surface area contributed by atoms with E-state index in [0.717, 1.165) is 5.56 Å². The second-order valence-electron chi connectivity index (χ2n) is 5.43. The highest BCUT2D eigenvalue weighted by molar-refractivity contribution is 5.90. The first kappa shape index (κ1) is 17.0. The second kappa shape index (κ2) is 7.26. The van der Waals surface area contributed by atoms with Crippen molar-refractivity contribution in [2.75, 3.05) is 5.32 Å². The summed E-state index contributed by atoms with van der Waals surface area (Å²) in [6, 6.07) is 12.6. The van der Waals surface area contributed by atoms with E-state index >= 15 is 0 Å². The first-order valence-electron chi connectivity index (χ1n) is 7.33. The third-order valence-corrected chi connectivity index (χ3v) is 3.64. The molecule has 120 valence electrons. The Bertz CT molecular complexity index is 912. The summed E-state index contributed by atoms with van der Waals surface area (Å²) in [5, 5.41) is 20.4. The smallest absolute Gasteiger partial charge is 0.269 e. The van der Waals surface area contributed by atoms with Gasteiger partial charge in [0.15, 0.2) is 0 Å². The fourth-order valence-corrected chi connectivity index (χ4v) is 2.40. The van der Waals surface area contributed by atoms with Crippen molar-refractivity contribution in [3.05, 3.63) is 63.1 Å². The molecule has 1 N–H and O–H groups in total. The van der Waals surface area contributed by atoms with Crippen LogP contribution in [0.15, 0.2) is 35.1 Å².